The first-order valence-electron chi connectivity index (χ1n) is 4.39. The second-order valence-corrected chi connectivity index (χ2v) is 2.70. The van der Waals surface area contributed by atoms with Gasteiger partial charge in [-0.25, -0.2) is 4.39 Å². The van der Waals surface area contributed by atoms with Gasteiger partial charge < -0.3 is 10.5 Å². The van der Waals surface area contributed by atoms with Crippen LogP contribution in [0.3, 0.4) is 0 Å². The van der Waals surface area contributed by atoms with Gasteiger partial charge in [0.25, 0.3) is 0 Å². The van der Waals surface area contributed by atoms with Crippen LogP contribution in [0, 0.1) is 5.82 Å². The highest BCUT2D eigenvalue weighted by Gasteiger charge is 2.07. The highest BCUT2D eigenvalue weighted by molar-refractivity contribution is 5.35. The molecule has 0 heterocycles. The number of hydrogen-bond donors (Lipinski definition) is 1. The van der Waals surface area contributed by atoms with Gasteiger partial charge in [-0.05, 0) is 31.5 Å². The van der Waals surface area contributed by atoms with Crippen molar-refractivity contribution in [1.29, 1.82) is 0 Å². The predicted octanol–water partition coefficient (Wildman–Crippen LogP) is 1.73. The summed E-state index contributed by atoms with van der Waals surface area (Å²) in [5.74, 6) is 0.0308. The molecule has 0 spiro atoms. The number of para-hydroxylation sites is 1. The average Bonchev–Trinajstić information content (AvgIpc) is 2.11. The van der Waals surface area contributed by atoms with E-state index >= 15 is 0 Å². The Morgan fingerprint density at radius 3 is 2.85 bits per heavy atom. The van der Waals surface area contributed by atoms with E-state index < -0.39 is 0 Å². The van der Waals surface area contributed by atoms with Crippen molar-refractivity contribution in [2.45, 2.75) is 13.3 Å². The average molecular weight is 183 g/mol. The van der Waals surface area contributed by atoms with Gasteiger partial charge in [0.1, 0.15) is 0 Å². The van der Waals surface area contributed by atoms with Crippen molar-refractivity contribution >= 4 is 0 Å². The van der Waals surface area contributed by atoms with Crippen molar-refractivity contribution in [1.82, 2.24) is 0 Å². The van der Waals surface area contributed by atoms with Crippen LogP contribution in [-0.4, -0.2) is 13.2 Å². The molecule has 0 atom stereocenters. The maximum atomic E-state index is 13.2. The third-order valence-electron chi connectivity index (χ3n) is 1.75. The summed E-state index contributed by atoms with van der Waals surface area (Å²) in [5.41, 5.74) is 6.24. The SMILES string of the molecule is CCOc1c(F)cccc1CCN. The predicted molar refractivity (Wildman–Crippen MR) is 50.3 cm³/mol. The molecule has 1 aromatic carbocycles. The Bertz CT molecular complexity index is 276. The summed E-state index contributed by atoms with van der Waals surface area (Å²) in [6.07, 6.45) is 0.646. The first-order valence-corrected chi connectivity index (χ1v) is 4.39. The molecule has 2 nitrogen and oxygen atoms in total. The van der Waals surface area contributed by atoms with Crippen molar-refractivity contribution in [3.63, 3.8) is 0 Å². The minimum atomic E-state index is -0.312. The molecule has 0 saturated carbocycles. The Kier molecular flexibility index (Phi) is 3.71. The van der Waals surface area contributed by atoms with Crippen molar-refractivity contribution < 1.29 is 9.13 Å². The Labute approximate surface area is 77.5 Å². The Morgan fingerprint density at radius 1 is 1.46 bits per heavy atom. The van der Waals surface area contributed by atoms with Crippen LogP contribution in [0.2, 0.25) is 0 Å². The van der Waals surface area contributed by atoms with Gasteiger partial charge in [-0.1, -0.05) is 12.1 Å². The molecular formula is C10H14FNO. The summed E-state index contributed by atoms with van der Waals surface area (Å²) in [4.78, 5) is 0. The molecule has 0 unspecified atom stereocenters. The zero-order valence-electron chi connectivity index (χ0n) is 7.72. The van der Waals surface area contributed by atoms with Gasteiger partial charge in [0, 0.05) is 0 Å². The molecule has 1 aromatic rings. The molecule has 0 aliphatic carbocycles. The standard InChI is InChI=1S/C10H14FNO/c1-2-13-10-8(6-7-12)4-3-5-9(10)11/h3-5H,2,6-7,12H2,1H3. The van der Waals surface area contributed by atoms with Crippen LogP contribution in [0.25, 0.3) is 0 Å². The van der Waals surface area contributed by atoms with E-state index in [1.54, 1.807) is 6.07 Å². The fourth-order valence-electron chi connectivity index (χ4n) is 1.21. The molecule has 3 heteroatoms. The minimum Gasteiger partial charge on any atom is -0.491 e. The summed E-state index contributed by atoms with van der Waals surface area (Å²) in [6, 6.07) is 4.90. The molecule has 0 fully saturated rings. The monoisotopic (exact) mass is 183 g/mol. The van der Waals surface area contributed by atoms with E-state index in [1.807, 2.05) is 13.0 Å². The molecular weight excluding hydrogens is 169 g/mol. The second kappa shape index (κ2) is 4.82. The number of benzene rings is 1. The Balaban J connectivity index is 2.95. The molecule has 1 rings (SSSR count). The first-order chi connectivity index (χ1) is 6.29. The largest absolute Gasteiger partial charge is 0.491 e. The molecule has 2 N–H and O–H groups in total. The van der Waals surface area contributed by atoms with E-state index in [0.717, 1.165) is 5.56 Å². The summed E-state index contributed by atoms with van der Waals surface area (Å²) in [5, 5.41) is 0. The van der Waals surface area contributed by atoms with Crippen molar-refractivity contribution in [2.75, 3.05) is 13.2 Å². The quantitative estimate of drug-likeness (QED) is 0.771. The molecule has 13 heavy (non-hydrogen) atoms. The van der Waals surface area contributed by atoms with Gasteiger partial charge in [-0.3, -0.25) is 0 Å². The lowest BCUT2D eigenvalue weighted by molar-refractivity contribution is 0.318. The van der Waals surface area contributed by atoms with Gasteiger partial charge >= 0.3 is 0 Å². The number of rotatable bonds is 4. The second-order valence-electron chi connectivity index (χ2n) is 2.70. The van der Waals surface area contributed by atoms with E-state index in [1.165, 1.54) is 6.07 Å². The zero-order valence-corrected chi connectivity index (χ0v) is 7.72. The summed E-state index contributed by atoms with van der Waals surface area (Å²) < 4.78 is 18.4. The van der Waals surface area contributed by atoms with E-state index in [4.69, 9.17) is 10.5 Å². The van der Waals surface area contributed by atoms with Gasteiger partial charge in [-0.15, -0.1) is 0 Å². The molecule has 0 saturated heterocycles. The van der Waals surface area contributed by atoms with Crippen molar-refractivity contribution in [2.24, 2.45) is 5.73 Å². The van der Waals surface area contributed by atoms with Crippen molar-refractivity contribution in [3.8, 4) is 5.75 Å². The maximum Gasteiger partial charge on any atom is 0.165 e. The minimum absolute atomic E-state index is 0.312. The van der Waals surface area contributed by atoms with Crippen LogP contribution >= 0.6 is 0 Å². The molecule has 0 radical (unpaired) electrons. The summed E-state index contributed by atoms with van der Waals surface area (Å²) in [7, 11) is 0. The molecule has 0 aromatic heterocycles. The van der Waals surface area contributed by atoms with Gasteiger partial charge in [0.05, 0.1) is 6.61 Å². The number of halogens is 1. The van der Waals surface area contributed by atoms with Crippen molar-refractivity contribution in [3.05, 3.63) is 29.6 Å². The van der Waals surface area contributed by atoms with Gasteiger partial charge in [-0.2, -0.15) is 0 Å². The lowest BCUT2D eigenvalue weighted by atomic mass is 10.1. The fourth-order valence-corrected chi connectivity index (χ4v) is 1.21. The molecule has 72 valence electrons. The van der Waals surface area contributed by atoms with Gasteiger partial charge in [0.15, 0.2) is 11.6 Å². The lowest BCUT2D eigenvalue weighted by Gasteiger charge is -2.09. The van der Waals surface area contributed by atoms with E-state index in [2.05, 4.69) is 0 Å². The van der Waals surface area contributed by atoms with E-state index in [0.29, 0.717) is 25.3 Å². The Morgan fingerprint density at radius 2 is 2.23 bits per heavy atom. The van der Waals surface area contributed by atoms with Crippen LogP contribution < -0.4 is 10.5 Å². The molecule has 0 amide bonds. The highest BCUT2D eigenvalue weighted by atomic mass is 19.1. The maximum absolute atomic E-state index is 13.2. The normalized spacial score (nSPS) is 10.1. The smallest absolute Gasteiger partial charge is 0.165 e. The topological polar surface area (TPSA) is 35.2 Å². The highest BCUT2D eigenvalue weighted by Crippen LogP contribution is 2.22. The summed E-state index contributed by atoms with van der Waals surface area (Å²) >= 11 is 0. The number of nitrogens with two attached hydrogens (primary N) is 1. The molecule has 0 aliphatic rings. The first kappa shape index (κ1) is 9.99. The molecule has 0 bridgehead atoms. The number of ether oxygens (including phenoxy) is 1. The van der Waals surface area contributed by atoms with Crippen LogP contribution in [-0.2, 0) is 6.42 Å². The van der Waals surface area contributed by atoms with E-state index in [9.17, 15) is 4.39 Å². The number of hydrogen-bond acceptors (Lipinski definition) is 2. The van der Waals surface area contributed by atoms with Crippen LogP contribution in [0.5, 0.6) is 5.75 Å². The fraction of sp³-hybridized carbons (Fsp3) is 0.400. The third kappa shape index (κ3) is 2.42. The van der Waals surface area contributed by atoms with Crippen LogP contribution in [0.15, 0.2) is 18.2 Å². The van der Waals surface area contributed by atoms with Crippen LogP contribution in [0.1, 0.15) is 12.5 Å². The third-order valence-corrected chi connectivity index (χ3v) is 1.75. The van der Waals surface area contributed by atoms with E-state index in [-0.39, 0.29) is 5.82 Å². The van der Waals surface area contributed by atoms with Gasteiger partial charge in [0.2, 0.25) is 0 Å². The molecule has 0 aliphatic heterocycles. The zero-order chi connectivity index (χ0) is 9.68. The summed E-state index contributed by atoms with van der Waals surface area (Å²) in [6.45, 7) is 2.81. The Hall–Kier alpha value is -1.09. The lowest BCUT2D eigenvalue weighted by Crippen LogP contribution is -2.06. The van der Waals surface area contributed by atoms with Crippen LogP contribution in [0.4, 0.5) is 4.39 Å².